The second-order valence-corrected chi connectivity index (χ2v) is 8.56. The van der Waals surface area contributed by atoms with Crippen LogP contribution in [-0.4, -0.2) is 47.2 Å². The molecule has 0 radical (unpaired) electrons. The summed E-state index contributed by atoms with van der Waals surface area (Å²) in [5.74, 6) is 1.06. The molecule has 0 atom stereocenters. The van der Waals surface area contributed by atoms with E-state index >= 15 is 0 Å². The number of nitrogens with zero attached hydrogens (tertiary/aromatic N) is 4. The Kier molecular flexibility index (Phi) is 6.03. The highest BCUT2D eigenvalue weighted by Gasteiger charge is 2.22. The summed E-state index contributed by atoms with van der Waals surface area (Å²) in [6, 6.07) is 16.7. The Hall–Kier alpha value is -3.21. The Morgan fingerprint density at radius 2 is 1.48 bits per heavy atom. The molecule has 0 bridgehead atoms. The van der Waals surface area contributed by atoms with Crippen molar-refractivity contribution in [2.75, 3.05) is 31.1 Å². The Bertz CT molecular complexity index is 1070. The Morgan fingerprint density at radius 3 is 2.13 bits per heavy atom. The molecule has 1 amide bonds. The monoisotopic (exact) mass is 414 g/mol. The van der Waals surface area contributed by atoms with Crippen LogP contribution in [0.15, 0.2) is 48.5 Å². The van der Waals surface area contributed by atoms with Crippen molar-refractivity contribution in [3.8, 4) is 11.3 Å². The number of aryl methyl sites for hydroxylation is 4. The maximum atomic E-state index is 12.7. The molecule has 5 nitrogen and oxygen atoms in total. The van der Waals surface area contributed by atoms with Gasteiger partial charge in [-0.25, -0.2) is 0 Å². The van der Waals surface area contributed by atoms with E-state index in [1.54, 1.807) is 0 Å². The average Bonchev–Trinajstić information content (AvgIpc) is 2.78. The molecule has 31 heavy (non-hydrogen) atoms. The minimum absolute atomic E-state index is 0.190. The molecule has 1 aliphatic heterocycles. The molecule has 0 unspecified atom stereocenters. The van der Waals surface area contributed by atoms with Crippen molar-refractivity contribution in [1.29, 1.82) is 0 Å². The van der Waals surface area contributed by atoms with Crippen LogP contribution in [0.1, 0.15) is 27.8 Å². The lowest BCUT2D eigenvalue weighted by Gasteiger charge is -2.35. The number of anilines is 1. The van der Waals surface area contributed by atoms with Crippen molar-refractivity contribution in [2.24, 2.45) is 0 Å². The van der Waals surface area contributed by atoms with Gasteiger partial charge < -0.3 is 9.80 Å². The summed E-state index contributed by atoms with van der Waals surface area (Å²) in [6.07, 6.45) is 0.462. The van der Waals surface area contributed by atoms with E-state index in [-0.39, 0.29) is 5.91 Å². The van der Waals surface area contributed by atoms with Crippen LogP contribution in [0.3, 0.4) is 0 Å². The molecular formula is C26H30N4O. The van der Waals surface area contributed by atoms with Crippen molar-refractivity contribution in [3.63, 3.8) is 0 Å². The van der Waals surface area contributed by atoms with Crippen LogP contribution >= 0.6 is 0 Å². The first-order valence-corrected chi connectivity index (χ1v) is 10.9. The van der Waals surface area contributed by atoms with Gasteiger partial charge in [0.1, 0.15) is 0 Å². The first-order chi connectivity index (χ1) is 14.9. The zero-order valence-corrected chi connectivity index (χ0v) is 18.9. The molecular weight excluding hydrogens is 384 g/mol. The number of rotatable bonds is 4. The molecule has 160 valence electrons. The Morgan fingerprint density at radius 1 is 0.806 bits per heavy atom. The van der Waals surface area contributed by atoms with Crippen molar-refractivity contribution in [1.82, 2.24) is 15.1 Å². The lowest BCUT2D eigenvalue weighted by molar-refractivity contribution is -0.130. The second-order valence-electron chi connectivity index (χ2n) is 8.56. The molecule has 5 heteroatoms. The highest BCUT2D eigenvalue weighted by Crippen LogP contribution is 2.25. The van der Waals surface area contributed by atoms with Crippen LogP contribution in [0.2, 0.25) is 0 Å². The van der Waals surface area contributed by atoms with E-state index in [1.165, 1.54) is 22.3 Å². The van der Waals surface area contributed by atoms with Crippen molar-refractivity contribution >= 4 is 11.7 Å². The van der Waals surface area contributed by atoms with E-state index < -0.39 is 0 Å². The van der Waals surface area contributed by atoms with Gasteiger partial charge in [0.05, 0.1) is 12.1 Å². The fourth-order valence-corrected chi connectivity index (χ4v) is 4.05. The summed E-state index contributed by atoms with van der Waals surface area (Å²) >= 11 is 0. The predicted octanol–water partition coefficient (Wildman–Crippen LogP) is 4.27. The van der Waals surface area contributed by atoms with Crippen LogP contribution in [0.5, 0.6) is 0 Å². The van der Waals surface area contributed by atoms with Crippen LogP contribution in [0.25, 0.3) is 11.3 Å². The summed E-state index contributed by atoms with van der Waals surface area (Å²) < 4.78 is 0. The van der Waals surface area contributed by atoms with Crippen molar-refractivity contribution in [2.45, 2.75) is 34.1 Å². The number of piperazine rings is 1. The standard InChI is InChI=1S/C26H30N4O/c1-18-5-7-22(8-6-18)17-26(31)30-13-11-29(12-14-30)25-10-9-24(27-28-25)23-16-20(3)19(2)15-21(23)4/h5-10,15-16H,11-14,17H2,1-4H3. The van der Waals surface area contributed by atoms with Gasteiger partial charge in [0, 0.05) is 31.7 Å². The maximum Gasteiger partial charge on any atom is 0.227 e. The highest BCUT2D eigenvalue weighted by atomic mass is 16.2. The summed E-state index contributed by atoms with van der Waals surface area (Å²) in [5, 5.41) is 8.99. The van der Waals surface area contributed by atoms with Crippen LogP contribution in [0, 0.1) is 27.7 Å². The summed E-state index contributed by atoms with van der Waals surface area (Å²) in [5.41, 5.74) is 8.08. The van der Waals surface area contributed by atoms with E-state index in [1.807, 2.05) is 29.2 Å². The van der Waals surface area contributed by atoms with E-state index in [0.717, 1.165) is 35.7 Å². The SMILES string of the molecule is Cc1ccc(CC(=O)N2CCN(c3ccc(-c4cc(C)c(C)cc4C)nn3)CC2)cc1. The van der Waals surface area contributed by atoms with E-state index in [4.69, 9.17) is 0 Å². The maximum absolute atomic E-state index is 12.7. The van der Waals surface area contributed by atoms with Gasteiger partial charge in [-0.15, -0.1) is 10.2 Å². The van der Waals surface area contributed by atoms with E-state index in [0.29, 0.717) is 19.5 Å². The molecule has 0 aliphatic carbocycles. The fourth-order valence-electron chi connectivity index (χ4n) is 4.05. The minimum atomic E-state index is 0.190. The molecule has 1 fully saturated rings. The normalized spacial score (nSPS) is 14.1. The molecule has 2 aromatic carbocycles. The van der Waals surface area contributed by atoms with Gasteiger partial charge in [-0.1, -0.05) is 35.9 Å². The quantitative estimate of drug-likeness (QED) is 0.640. The third-order valence-electron chi connectivity index (χ3n) is 6.20. The van der Waals surface area contributed by atoms with Crippen LogP contribution < -0.4 is 4.90 Å². The van der Waals surface area contributed by atoms with E-state index in [9.17, 15) is 4.79 Å². The lowest BCUT2D eigenvalue weighted by atomic mass is 9.99. The number of benzene rings is 2. The van der Waals surface area contributed by atoms with Gasteiger partial charge in [0.2, 0.25) is 5.91 Å². The predicted molar refractivity (Wildman–Crippen MR) is 125 cm³/mol. The lowest BCUT2D eigenvalue weighted by Crippen LogP contribution is -2.49. The van der Waals surface area contributed by atoms with Gasteiger partial charge in [0.25, 0.3) is 0 Å². The summed E-state index contributed by atoms with van der Waals surface area (Å²) in [6.45, 7) is 11.4. The van der Waals surface area contributed by atoms with Gasteiger partial charge in [-0.05, 0) is 68.1 Å². The molecule has 0 N–H and O–H groups in total. The molecule has 2 heterocycles. The number of carbonyl (C=O) groups is 1. The van der Waals surface area contributed by atoms with Gasteiger partial charge in [0.15, 0.2) is 5.82 Å². The molecule has 1 aromatic heterocycles. The third-order valence-corrected chi connectivity index (χ3v) is 6.20. The zero-order chi connectivity index (χ0) is 22.0. The van der Waals surface area contributed by atoms with E-state index in [2.05, 4.69) is 67.1 Å². The number of aromatic nitrogens is 2. The summed E-state index contributed by atoms with van der Waals surface area (Å²) in [4.78, 5) is 16.8. The zero-order valence-electron chi connectivity index (χ0n) is 18.9. The Labute approximate surface area is 184 Å². The molecule has 1 saturated heterocycles. The van der Waals surface area contributed by atoms with Crippen LogP contribution in [-0.2, 0) is 11.2 Å². The number of carbonyl (C=O) groups excluding carboxylic acids is 1. The van der Waals surface area contributed by atoms with Gasteiger partial charge >= 0.3 is 0 Å². The number of hydrogen-bond donors (Lipinski definition) is 0. The smallest absolute Gasteiger partial charge is 0.227 e. The minimum Gasteiger partial charge on any atom is -0.352 e. The molecule has 0 spiro atoms. The highest BCUT2D eigenvalue weighted by molar-refractivity contribution is 5.79. The Balaban J connectivity index is 1.37. The van der Waals surface area contributed by atoms with Crippen molar-refractivity contribution < 1.29 is 4.79 Å². The summed E-state index contributed by atoms with van der Waals surface area (Å²) in [7, 11) is 0. The molecule has 1 aliphatic rings. The topological polar surface area (TPSA) is 49.3 Å². The molecule has 4 rings (SSSR count). The van der Waals surface area contributed by atoms with Gasteiger partial charge in [-0.2, -0.15) is 0 Å². The third kappa shape index (κ3) is 4.76. The first-order valence-electron chi connectivity index (χ1n) is 10.9. The fraction of sp³-hybridized carbons (Fsp3) is 0.346. The number of hydrogen-bond acceptors (Lipinski definition) is 4. The largest absolute Gasteiger partial charge is 0.352 e. The molecule has 3 aromatic rings. The van der Waals surface area contributed by atoms with Gasteiger partial charge in [-0.3, -0.25) is 4.79 Å². The second kappa shape index (κ2) is 8.88. The van der Waals surface area contributed by atoms with Crippen molar-refractivity contribution in [3.05, 3.63) is 76.3 Å². The molecule has 0 saturated carbocycles. The number of amides is 1. The van der Waals surface area contributed by atoms with Crippen LogP contribution in [0.4, 0.5) is 5.82 Å². The first kappa shape index (κ1) is 21.0. The average molecular weight is 415 g/mol.